The van der Waals surface area contributed by atoms with Gasteiger partial charge < -0.3 is 14.8 Å². The van der Waals surface area contributed by atoms with Gasteiger partial charge in [-0.15, -0.1) is 5.10 Å². The van der Waals surface area contributed by atoms with Crippen LogP contribution in [0.1, 0.15) is 31.0 Å². The number of carbonyl (C=O) groups excluding carboxylic acids is 1. The van der Waals surface area contributed by atoms with Crippen LogP contribution in [0.5, 0.6) is 5.75 Å². The first kappa shape index (κ1) is 25.2. The Morgan fingerprint density at radius 3 is 2.86 bits per heavy atom. The zero-order chi connectivity index (χ0) is 24.9. The van der Waals surface area contributed by atoms with Gasteiger partial charge in [-0.25, -0.2) is 9.48 Å². The van der Waals surface area contributed by atoms with E-state index in [1.54, 1.807) is 16.8 Å². The zero-order valence-corrected chi connectivity index (χ0v) is 21.6. The van der Waals surface area contributed by atoms with Crippen LogP contribution in [-0.2, 0) is 16.1 Å². The second-order valence-corrected chi connectivity index (χ2v) is 9.72. The molecule has 0 radical (unpaired) electrons. The van der Waals surface area contributed by atoms with Crippen LogP contribution in [0.4, 0.5) is 5.95 Å². The van der Waals surface area contributed by atoms with E-state index in [1.807, 2.05) is 44.2 Å². The molecule has 1 aliphatic heterocycles. The van der Waals surface area contributed by atoms with E-state index in [1.165, 1.54) is 17.8 Å². The Hall–Kier alpha value is -2.94. The van der Waals surface area contributed by atoms with Crippen molar-refractivity contribution in [2.24, 2.45) is 0 Å². The lowest BCUT2D eigenvalue weighted by Gasteiger charge is -2.28. The predicted octanol–water partition coefficient (Wildman–Crippen LogP) is 6.29. The second-order valence-electron chi connectivity index (χ2n) is 7.65. The number of rotatable bonds is 9. The number of hydrogen-bond acceptors (Lipinski definition) is 7. The van der Waals surface area contributed by atoms with E-state index in [0.29, 0.717) is 38.2 Å². The summed E-state index contributed by atoms with van der Waals surface area (Å²) >= 11 is 13.8. The number of hydrogen-bond donors (Lipinski definition) is 1. The number of esters is 1. The van der Waals surface area contributed by atoms with Crippen LogP contribution in [0.25, 0.3) is 0 Å². The minimum Gasteiger partial charge on any atom is -0.489 e. The number of thioether (sulfide) groups is 1. The molecule has 10 heteroatoms. The number of carbonyl (C=O) groups is 1. The average molecular weight is 531 g/mol. The number of allylic oxidation sites excluding steroid dienone is 1. The molecule has 4 rings (SSSR count). The third-order valence-corrected chi connectivity index (χ3v) is 6.55. The van der Waals surface area contributed by atoms with Gasteiger partial charge in [-0.3, -0.25) is 0 Å². The van der Waals surface area contributed by atoms with Crippen LogP contribution in [0.3, 0.4) is 0 Å². The molecule has 1 atom stereocenters. The van der Waals surface area contributed by atoms with Crippen molar-refractivity contribution in [3.63, 3.8) is 0 Å². The van der Waals surface area contributed by atoms with Crippen molar-refractivity contribution >= 4 is 46.9 Å². The van der Waals surface area contributed by atoms with Crippen molar-refractivity contribution < 1.29 is 14.3 Å². The zero-order valence-electron chi connectivity index (χ0n) is 19.3. The highest BCUT2D eigenvalue weighted by atomic mass is 35.5. The molecule has 1 N–H and O–H groups in total. The van der Waals surface area contributed by atoms with Gasteiger partial charge in [0.1, 0.15) is 25.0 Å². The Balaban J connectivity index is 1.69. The lowest BCUT2D eigenvalue weighted by molar-refractivity contribution is -0.138. The van der Waals surface area contributed by atoms with Gasteiger partial charge in [-0.05, 0) is 42.5 Å². The largest absolute Gasteiger partial charge is 0.489 e. The molecular weight excluding hydrogens is 507 g/mol. The monoisotopic (exact) mass is 530 g/mol. The lowest BCUT2D eigenvalue weighted by atomic mass is 9.95. The SMILES string of the molecule is C=CCOC(=O)C1=C(C)Nc2nc(SCC)nn2C1c1cccc(OCc2ccc(Cl)cc2Cl)c1. The Bertz CT molecular complexity index is 1290. The quantitative estimate of drug-likeness (QED) is 0.197. The number of benzene rings is 2. The maximum Gasteiger partial charge on any atom is 0.338 e. The average Bonchev–Trinajstić information content (AvgIpc) is 3.23. The molecule has 3 aromatic rings. The molecule has 0 amide bonds. The van der Waals surface area contributed by atoms with Crippen molar-refractivity contribution in [2.45, 2.75) is 31.7 Å². The summed E-state index contributed by atoms with van der Waals surface area (Å²) in [5.41, 5.74) is 2.70. The molecule has 7 nitrogen and oxygen atoms in total. The molecular formula is C25H24Cl2N4O3S. The Labute approximate surface area is 218 Å². The second kappa shape index (κ2) is 11.2. The molecule has 0 spiro atoms. The van der Waals surface area contributed by atoms with Crippen LogP contribution in [0, 0.1) is 0 Å². The molecule has 2 heterocycles. The van der Waals surface area contributed by atoms with Crippen molar-refractivity contribution in [1.29, 1.82) is 0 Å². The first-order chi connectivity index (χ1) is 16.9. The summed E-state index contributed by atoms with van der Waals surface area (Å²) < 4.78 is 13.1. The highest BCUT2D eigenvalue weighted by Crippen LogP contribution is 2.37. The van der Waals surface area contributed by atoms with Gasteiger partial charge in [-0.1, -0.05) is 72.7 Å². The fourth-order valence-electron chi connectivity index (χ4n) is 3.68. The number of halogens is 2. The number of nitrogens with one attached hydrogen (secondary N) is 1. The van der Waals surface area contributed by atoms with Gasteiger partial charge >= 0.3 is 5.97 Å². The Morgan fingerprint density at radius 1 is 1.29 bits per heavy atom. The van der Waals surface area contributed by atoms with E-state index < -0.39 is 12.0 Å². The lowest BCUT2D eigenvalue weighted by Crippen LogP contribution is -2.29. The van der Waals surface area contributed by atoms with Gasteiger partial charge in [0, 0.05) is 21.3 Å². The maximum absolute atomic E-state index is 13.1. The van der Waals surface area contributed by atoms with E-state index in [0.717, 1.165) is 16.9 Å². The fraction of sp³-hybridized carbons (Fsp3) is 0.240. The fourth-order valence-corrected chi connectivity index (χ4v) is 4.70. The highest BCUT2D eigenvalue weighted by Gasteiger charge is 2.35. The van der Waals surface area contributed by atoms with Gasteiger partial charge in [0.2, 0.25) is 11.1 Å². The van der Waals surface area contributed by atoms with Crippen molar-refractivity contribution in [3.05, 3.63) is 87.6 Å². The van der Waals surface area contributed by atoms with Crippen LogP contribution in [0.15, 0.2) is 71.5 Å². The number of ether oxygens (including phenoxy) is 2. The molecule has 35 heavy (non-hydrogen) atoms. The van der Waals surface area contributed by atoms with E-state index in [4.69, 9.17) is 32.7 Å². The van der Waals surface area contributed by atoms with Gasteiger partial charge in [0.15, 0.2) is 0 Å². The summed E-state index contributed by atoms with van der Waals surface area (Å²) in [6, 6.07) is 12.2. The predicted molar refractivity (Wildman–Crippen MR) is 139 cm³/mol. The molecule has 0 bridgehead atoms. The van der Waals surface area contributed by atoms with Gasteiger partial charge in [0.05, 0.1) is 5.57 Å². The molecule has 0 saturated heterocycles. The van der Waals surface area contributed by atoms with E-state index in [2.05, 4.69) is 22.0 Å². The smallest absolute Gasteiger partial charge is 0.338 e. The molecule has 0 fully saturated rings. The topological polar surface area (TPSA) is 78.3 Å². The Morgan fingerprint density at radius 2 is 2.11 bits per heavy atom. The van der Waals surface area contributed by atoms with E-state index in [-0.39, 0.29) is 13.2 Å². The summed E-state index contributed by atoms with van der Waals surface area (Å²) in [7, 11) is 0. The number of fused-ring (bicyclic) bond motifs is 1. The van der Waals surface area contributed by atoms with Crippen molar-refractivity contribution in [2.75, 3.05) is 17.7 Å². The first-order valence-electron chi connectivity index (χ1n) is 10.9. The first-order valence-corrected chi connectivity index (χ1v) is 12.7. The molecule has 0 saturated carbocycles. The molecule has 1 aliphatic rings. The third kappa shape index (κ3) is 5.66. The van der Waals surface area contributed by atoms with Gasteiger partial charge in [-0.2, -0.15) is 4.98 Å². The Kier molecular flexibility index (Phi) is 8.05. The van der Waals surface area contributed by atoms with Crippen LogP contribution >= 0.6 is 35.0 Å². The van der Waals surface area contributed by atoms with Crippen molar-refractivity contribution in [1.82, 2.24) is 14.8 Å². The number of nitrogens with zero attached hydrogens (tertiary/aromatic N) is 3. The summed E-state index contributed by atoms with van der Waals surface area (Å²) in [4.78, 5) is 17.6. The highest BCUT2D eigenvalue weighted by molar-refractivity contribution is 7.99. The van der Waals surface area contributed by atoms with E-state index >= 15 is 0 Å². The molecule has 1 aromatic heterocycles. The molecule has 182 valence electrons. The van der Waals surface area contributed by atoms with Crippen LogP contribution < -0.4 is 10.1 Å². The maximum atomic E-state index is 13.1. The minimum atomic E-state index is -0.551. The number of anilines is 1. The van der Waals surface area contributed by atoms with E-state index in [9.17, 15) is 4.79 Å². The van der Waals surface area contributed by atoms with Crippen molar-refractivity contribution in [3.8, 4) is 5.75 Å². The minimum absolute atomic E-state index is 0.106. The standard InChI is InChI=1S/C25H24Cl2N4O3S/c1-4-11-33-23(32)21-15(3)28-24-29-25(35-5-2)30-31(24)22(21)16-7-6-8-19(12-16)34-14-17-9-10-18(26)13-20(17)27/h4,6-10,12-13,22H,1,5,11,14H2,2-3H3,(H,28,29,30). The molecule has 1 unspecified atom stereocenters. The summed E-state index contributed by atoms with van der Waals surface area (Å²) in [5.74, 6) is 1.55. The molecule has 2 aromatic carbocycles. The summed E-state index contributed by atoms with van der Waals surface area (Å²) in [6.07, 6.45) is 1.53. The summed E-state index contributed by atoms with van der Waals surface area (Å²) in [6.45, 7) is 7.86. The normalized spacial score (nSPS) is 14.8. The number of aromatic nitrogens is 3. The molecule has 0 aliphatic carbocycles. The van der Waals surface area contributed by atoms with Crippen LogP contribution in [0.2, 0.25) is 10.0 Å². The third-order valence-electron chi connectivity index (χ3n) is 5.24. The van der Waals surface area contributed by atoms with Gasteiger partial charge in [0.25, 0.3) is 0 Å². The van der Waals surface area contributed by atoms with Crippen LogP contribution in [-0.4, -0.2) is 33.1 Å². The summed E-state index contributed by atoms with van der Waals surface area (Å²) in [5, 5.41) is 9.57.